The Hall–Kier alpha value is -7.36. The number of nitrogens with zero attached hydrogens (tertiary/aromatic N) is 6. The molecule has 7 heterocycles. The number of amides is 1. The zero-order chi connectivity index (χ0) is 45.5. The summed E-state index contributed by atoms with van der Waals surface area (Å²) >= 11 is 0. The van der Waals surface area contributed by atoms with Crippen LogP contribution in [0, 0.1) is 5.92 Å². The van der Waals surface area contributed by atoms with Gasteiger partial charge in [-0.25, -0.2) is 29.0 Å². The van der Waals surface area contributed by atoms with Gasteiger partial charge in [0.1, 0.15) is 23.9 Å². The van der Waals surface area contributed by atoms with Crippen LogP contribution in [0.3, 0.4) is 0 Å². The number of aromatic hydroxyl groups is 3. The molecule has 16 heteroatoms. The van der Waals surface area contributed by atoms with Crippen LogP contribution < -0.4 is 11.2 Å². The molecule has 10 rings (SSSR count). The van der Waals surface area contributed by atoms with Gasteiger partial charge < -0.3 is 38.8 Å². The van der Waals surface area contributed by atoms with Crippen LogP contribution in [0.5, 0.6) is 17.2 Å². The van der Waals surface area contributed by atoms with Gasteiger partial charge >= 0.3 is 17.8 Å². The second kappa shape index (κ2) is 15.7. The number of pyridine rings is 2. The SMILES string of the molecule is CCc1c2c(nc3ccc(O)cc13)-c1cc3c(c(=O)n1C2)COC(=O)C3(CC)OC(=O)N1CCC(CCn2ccc3cc(-n4c(-c5cc(C(C)C)c(O)cc5O)n[nH]c4=O)ccc32)CC1. The van der Waals surface area contributed by atoms with Crippen LogP contribution in [-0.4, -0.2) is 74.3 Å². The first-order valence-corrected chi connectivity index (χ1v) is 22.2. The fourth-order valence-corrected chi connectivity index (χ4v) is 10.1. The number of H-pyrrole nitrogens is 1. The molecule has 1 fully saturated rings. The monoisotopic (exact) mass is 879 g/mol. The van der Waals surface area contributed by atoms with E-state index in [9.17, 15) is 34.5 Å². The number of fused-ring (bicyclic) bond motifs is 6. The predicted octanol–water partition coefficient (Wildman–Crippen LogP) is 7.32. The quantitative estimate of drug-likeness (QED) is 0.106. The zero-order valence-corrected chi connectivity index (χ0v) is 36.6. The van der Waals surface area contributed by atoms with Crippen LogP contribution in [0.1, 0.15) is 87.1 Å². The highest BCUT2D eigenvalue weighted by molar-refractivity contribution is 5.91. The second-order valence-corrected chi connectivity index (χ2v) is 17.7. The number of carbonyl (C=O) groups is 2. The van der Waals surface area contributed by atoms with E-state index in [0.29, 0.717) is 64.7 Å². The topological polar surface area (TPSA) is 207 Å². The third-order valence-electron chi connectivity index (χ3n) is 13.7. The molecule has 65 heavy (non-hydrogen) atoms. The standard InChI is InChI=1S/C49H49N7O9/c1-5-31-33-20-30(57)8-9-38(33)50-43-35(31)24-55-40(43)22-37-36(45(55)60)25-64-46(61)49(37,6-2)65-48(63)54-16-12-27(13-17-54)11-15-53-18-14-28-19-29(7-10-39(28)53)56-44(51-52-47(56)62)34-21-32(26(3)4)41(58)23-42(34)59/h7-10,14,18-23,26-27,57-59H,5-6,11-13,15-17,24-25H2,1-4H3,(H,52,62). The van der Waals surface area contributed by atoms with Crippen LogP contribution in [0.25, 0.3) is 50.3 Å². The number of likely N-dealkylation sites (tertiary alicyclic amines) is 1. The van der Waals surface area contributed by atoms with Gasteiger partial charge in [-0.2, -0.15) is 5.10 Å². The van der Waals surface area contributed by atoms with E-state index in [1.807, 2.05) is 51.2 Å². The molecule has 3 aliphatic heterocycles. The van der Waals surface area contributed by atoms with Crippen LogP contribution >= 0.6 is 0 Å². The van der Waals surface area contributed by atoms with Gasteiger partial charge in [-0.3, -0.25) is 4.79 Å². The lowest BCUT2D eigenvalue weighted by Gasteiger charge is -2.38. The Morgan fingerprint density at radius 1 is 0.969 bits per heavy atom. The Balaban J connectivity index is 0.832. The molecule has 1 unspecified atom stereocenters. The second-order valence-electron chi connectivity index (χ2n) is 17.7. The average Bonchev–Trinajstić information content (AvgIpc) is 4.00. The van der Waals surface area contributed by atoms with Crippen LogP contribution in [0.15, 0.2) is 76.4 Å². The first kappa shape index (κ1) is 41.6. The molecular formula is C49H49N7O9. The molecule has 3 aliphatic rings. The van der Waals surface area contributed by atoms with Crippen molar-refractivity contribution in [2.75, 3.05) is 13.1 Å². The Morgan fingerprint density at radius 3 is 2.52 bits per heavy atom. The van der Waals surface area contributed by atoms with Crippen molar-refractivity contribution in [2.45, 2.75) is 91.0 Å². The molecule has 16 nitrogen and oxygen atoms in total. The maximum atomic E-state index is 14.2. The molecule has 0 aliphatic carbocycles. The highest BCUT2D eigenvalue weighted by Gasteiger charge is 2.51. The molecule has 4 N–H and O–H groups in total. The lowest BCUT2D eigenvalue weighted by atomic mass is 9.85. The molecule has 1 atom stereocenters. The summed E-state index contributed by atoms with van der Waals surface area (Å²) in [6.07, 6.45) is 4.42. The minimum absolute atomic E-state index is 0.0285. The van der Waals surface area contributed by atoms with E-state index in [0.717, 1.165) is 53.2 Å². The van der Waals surface area contributed by atoms with Crippen LogP contribution in [-0.2, 0) is 46.0 Å². The average molecular weight is 880 g/mol. The molecule has 0 bridgehead atoms. The minimum atomic E-state index is -1.82. The number of aryl methyl sites for hydroxylation is 2. The highest BCUT2D eigenvalue weighted by Crippen LogP contribution is 2.43. The van der Waals surface area contributed by atoms with Gasteiger partial charge in [0.2, 0.25) is 5.60 Å². The van der Waals surface area contributed by atoms with Gasteiger partial charge in [-0.15, -0.1) is 0 Å². The number of rotatable bonds is 9. The van der Waals surface area contributed by atoms with Gasteiger partial charge in [-0.1, -0.05) is 27.7 Å². The number of piperidine rings is 1. The van der Waals surface area contributed by atoms with E-state index in [4.69, 9.17) is 14.5 Å². The van der Waals surface area contributed by atoms with E-state index in [1.54, 1.807) is 46.7 Å². The third kappa shape index (κ3) is 6.72. The summed E-state index contributed by atoms with van der Waals surface area (Å²) in [6.45, 7) is 9.27. The van der Waals surface area contributed by atoms with Gasteiger partial charge in [0.15, 0.2) is 5.82 Å². The number of aromatic amines is 1. The van der Waals surface area contributed by atoms with E-state index < -0.39 is 23.4 Å². The zero-order valence-electron chi connectivity index (χ0n) is 36.6. The van der Waals surface area contributed by atoms with Crippen molar-refractivity contribution in [3.8, 4) is 45.7 Å². The molecule has 1 saturated heterocycles. The van der Waals surface area contributed by atoms with Crippen molar-refractivity contribution >= 4 is 33.9 Å². The maximum Gasteiger partial charge on any atom is 0.411 e. The number of benzene rings is 3. The van der Waals surface area contributed by atoms with Gasteiger partial charge in [0, 0.05) is 59.3 Å². The number of nitrogens with one attached hydrogen (secondary N) is 1. The van der Waals surface area contributed by atoms with Crippen molar-refractivity contribution in [2.24, 2.45) is 5.92 Å². The number of phenolic OH excluding ortho intramolecular Hbond substituents is 3. The number of cyclic esters (lactones) is 1. The van der Waals surface area contributed by atoms with Crippen molar-refractivity contribution in [1.29, 1.82) is 0 Å². The third-order valence-corrected chi connectivity index (χ3v) is 13.7. The maximum absolute atomic E-state index is 14.2. The number of aromatic nitrogens is 6. The molecule has 4 aromatic heterocycles. The Labute approximate surface area is 372 Å². The van der Waals surface area contributed by atoms with Gasteiger partial charge in [-0.05, 0) is 110 Å². The minimum Gasteiger partial charge on any atom is -0.508 e. The lowest BCUT2D eigenvalue weighted by Crippen LogP contribution is -2.50. The number of ether oxygens (including phenoxy) is 2. The molecule has 0 radical (unpaired) electrons. The normalized spacial score (nSPS) is 17.1. The fraction of sp³-hybridized carbons (Fsp3) is 0.347. The summed E-state index contributed by atoms with van der Waals surface area (Å²) < 4.78 is 17.0. The highest BCUT2D eigenvalue weighted by atomic mass is 16.6. The van der Waals surface area contributed by atoms with Crippen molar-refractivity contribution in [3.63, 3.8) is 0 Å². The number of carbonyl (C=O) groups excluding carboxylic acids is 2. The van der Waals surface area contributed by atoms with Crippen LogP contribution in [0.4, 0.5) is 4.79 Å². The van der Waals surface area contributed by atoms with Gasteiger partial charge in [0.05, 0.1) is 40.3 Å². The molecule has 0 spiro atoms. The van der Waals surface area contributed by atoms with E-state index in [2.05, 4.69) is 14.8 Å². The first-order chi connectivity index (χ1) is 31.3. The van der Waals surface area contributed by atoms with Gasteiger partial charge in [0.25, 0.3) is 5.56 Å². The van der Waals surface area contributed by atoms with E-state index >= 15 is 0 Å². The predicted molar refractivity (Wildman–Crippen MR) is 241 cm³/mol. The smallest absolute Gasteiger partial charge is 0.411 e. The molecule has 1 amide bonds. The summed E-state index contributed by atoms with van der Waals surface area (Å²) in [4.78, 5) is 61.5. The number of hydrogen-bond donors (Lipinski definition) is 4. The van der Waals surface area contributed by atoms with Crippen molar-refractivity contribution in [3.05, 3.63) is 116 Å². The number of hydrogen-bond acceptors (Lipinski definition) is 11. The largest absolute Gasteiger partial charge is 0.508 e. The summed E-state index contributed by atoms with van der Waals surface area (Å²) in [7, 11) is 0. The molecule has 3 aromatic carbocycles. The summed E-state index contributed by atoms with van der Waals surface area (Å²) in [5.41, 5.74) is 4.21. The Bertz CT molecular complexity index is 3230. The fourth-order valence-electron chi connectivity index (χ4n) is 10.1. The van der Waals surface area contributed by atoms with Crippen molar-refractivity contribution in [1.82, 2.24) is 33.8 Å². The Morgan fingerprint density at radius 2 is 1.77 bits per heavy atom. The summed E-state index contributed by atoms with van der Waals surface area (Å²) in [5.74, 6) is -0.288. The lowest BCUT2D eigenvalue weighted by molar-refractivity contribution is -0.173. The molecule has 334 valence electrons. The summed E-state index contributed by atoms with van der Waals surface area (Å²) in [6, 6.07) is 17.4. The molecular weight excluding hydrogens is 831 g/mol. The number of esters is 1. The number of phenols is 3. The van der Waals surface area contributed by atoms with Crippen molar-refractivity contribution < 1.29 is 34.4 Å². The molecule has 7 aromatic rings. The Kier molecular flexibility index (Phi) is 10.1. The van der Waals surface area contributed by atoms with Crippen LogP contribution in [0.2, 0.25) is 0 Å². The van der Waals surface area contributed by atoms with E-state index in [1.165, 1.54) is 10.6 Å². The first-order valence-electron chi connectivity index (χ1n) is 22.2. The molecule has 0 saturated carbocycles. The summed E-state index contributed by atoms with van der Waals surface area (Å²) in [5, 5.41) is 39.8. The van der Waals surface area contributed by atoms with E-state index in [-0.39, 0.29) is 59.7 Å².